The molecule has 0 spiro atoms. The van der Waals surface area contributed by atoms with Crippen LogP contribution in [0.4, 0.5) is 0 Å². The fourth-order valence-corrected chi connectivity index (χ4v) is 9.23. The van der Waals surface area contributed by atoms with Crippen molar-refractivity contribution in [2.45, 2.75) is 345 Å². The number of rotatable bonds is 16. The molecule has 0 aromatic carbocycles. The molecule has 0 aliphatic carbocycles. The maximum absolute atomic E-state index is 2.36. The van der Waals surface area contributed by atoms with Gasteiger partial charge in [0.2, 0.25) is 0 Å². The Morgan fingerprint density at radius 1 is 0.200 bits per heavy atom. The minimum Gasteiger partial charge on any atom is -0.0654 e. The summed E-state index contributed by atoms with van der Waals surface area (Å²) in [6, 6.07) is 0. The Kier molecular flexibility index (Phi) is 49.6. The van der Waals surface area contributed by atoms with Gasteiger partial charge in [0, 0.05) is 0 Å². The van der Waals surface area contributed by atoms with Crippen molar-refractivity contribution in [1.82, 2.24) is 0 Å². The summed E-state index contributed by atoms with van der Waals surface area (Å²) in [5.74, 6) is 6.28. The summed E-state index contributed by atoms with van der Waals surface area (Å²) < 4.78 is 0. The lowest BCUT2D eigenvalue weighted by atomic mass is 9.84. The predicted octanol–water partition coefficient (Wildman–Crippen LogP) is 25.1. The van der Waals surface area contributed by atoms with Gasteiger partial charge in [-0.15, -0.1) is 0 Å². The topological polar surface area (TPSA) is 0 Å². The molecule has 65 heavy (non-hydrogen) atoms. The Labute approximate surface area is 422 Å². The molecule has 0 rings (SSSR count). The monoisotopic (exact) mass is 925 g/mol. The Hall–Kier alpha value is 0. The van der Waals surface area contributed by atoms with E-state index in [0.717, 1.165) is 41.4 Å². The summed E-state index contributed by atoms with van der Waals surface area (Å²) in [7, 11) is 0. The fraction of sp³-hybridized carbons (Fsp3) is 1.00. The minimum absolute atomic E-state index is 0.522. The molecular weight excluding hydrogens is 781 g/mol. The standard InChI is InChI=1S/2C10H22.5C9H20/c2*1-6-7-9(2)8-10(3,4)5;5*1-6-8(2)7-9(3,4)5/h2*9H,6-8H2,1-5H3;5*8H,6-7H2,1-5H3. The van der Waals surface area contributed by atoms with E-state index in [1.165, 1.54) is 103 Å². The molecule has 7 atom stereocenters. The molecule has 0 aliphatic rings. The minimum atomic E-state index is 0.522. The molecule has 0 aromatic heterocycles. The maximum atomic E-state index is 2.36. The molecular formula is C65H144. The van der Waals surface area contributed by atoms with Crippen molar-refractivity contribution in [3.63, 3.8) is 0 Å². The van der Waals surface area contributed by atoms with E-state index in [1.54, 1.807) is 0 Å². The van der Waals surface area contributed by atoms with Gasteiger partial charge < -0.3 is 0 Å². The van der Waals surface area contributed by atoms with E-state index in [1.807, 2.05) is 0 Å². The van der Waals surface area contributed by atoms with Crippen LogP contribution in [-0.2, 0) is 0 Å². The highest BCUT2D eigenvalue weighted by atomic mass is 14.2. The average molecular weight is 926 g/mol. The molecule has 0 amide bonds. The van der Waals surface area contributed by atoms with Gasteiger partial charge >= 0.3 is 0 Å². The third kappa shape index (κ3) is 94.6. The third-order valence-corrected chi connectivity index (χ3v) is 11.8. The van der Waals surface area contributed by atoms with Crippen molar-refractivity contribution in [3.05, 3.63) is 0 Å². The molecule has 0 fully saturated rings. The van der Waals surface area contributed by atoms with Gasteiger partial charge in [0.1, 0.15) is 0 Å². The smallest absolute Gasteiger partial charge is 0.0380 e. The van der Waals surface area contributed by atoms with Crippen LogP contribution in [0, 0.1) is 79.3 Å². The molecule has 0 saturated carbocycles. The summed E-state index contributed by atoms with van der Waals surface area (Å²) in [5, 5.41) is 0. The SMILES string of the molecule is CCC(C)CC(C)(C)C.CCC(C)CC(C)(C)C.CCC(C)CC(C)(C)C.CCC(C)CC(C)(C)C.CCC(C)CC(C)(C)C.CCCC(C)CC(C)(C)C.CCCC(C)CC(C)(C)C. The van der Waals surface area contributed by atoms with Crippen LogP contribution >= 0.6 is 0 Å². The normalized spacial score (nSPS) is 15.6. The molecule has 0 heteroatoms. The lowest BCUT2D eigenvalue weighted by Crippen LogP contribution is -2.10. The highest BCUT2D eigenvalue weighted by molar-refractivity contribution is 4.69. The molecule has 7 unspecified atom stereocenters. The first-order chi connectivity index (χ1) is 28.7. The van der Waals surface area contributed by atoms with E-state index >= 15 is 0 Å². The van der Waals surface area contributed by atoms with Gasteiger partial charge in [-0.25, -0.2) is 0 Å². The van der Waals surface area contributed by atoms with E-state index in [0.29, 0.717) is 37.9 Å². The molecule has 0 N–H and O–H groups in total. The quantitative estimate of drug-likeness (QED) is 0.145. The second-order valence-corrected chi connectivity index (χ2v) is 30.7. The van der Waals surface area contributed by atoms with Gasteiger partial charge in [0.25, 0.3) is 0 Å². The van der Waals surface area contributed by atoms with Crippen LogP contribution in [0.5, 0.6) is 0 Å². The second-order valence-electron chi connectivity index (χ2n) is 30.7. The molecule has 0 aliphatic heterocycles. The molecule has 0 bridgehead atoms. The summed E-state index contributed by atoms with van der Waals surface area (Å²) >= 11 is 0. The van der Waals surface area contributed by atoms with Crippen LogP contribution in [0.3, 0.4) is 0 Å². The zero-order valence-electron chi connectivity index (χ0n) is 53.9. The van der Waals surface area contributed by atoms with Crippen LogP contribution in [0.1, 0.15) is 345 Å². The Morgan fingerprint density at radius 3 is 0.369 bits per heavy atom. The van der Waals surface area contributed by atoms with Gasteiger partial charge in [0.15, 0.2) is 0 Å². The van der Waals surface area contributed by atoms with E-state index in [4.69, 9.17) is 0 Å². The van der Waals surface area contributed by atoms with Gasteiger partial charge in [0.05, 0.1) is 0 Å². The average Bonchev–Trinajstić information content (AvgIpc) is 3.04. The van der Waals surface area contributed by atoms with Crippen molar-refractivity contribution < 1.29 is 0 Å². The zero-order chi connectivity index (χ0) is 53.9. The van der Waals surface area contributed by atoms with Crippen LogP contribution in [0.25, 0.3) is 0 Å². The number of hydrogen-bond donors (Lipinski definition) is 0. The molecule has 0 saturated heterocycles. The summed E-state index contributed by atoms with van der Waals surface area (Å²) in [6.45, 7) is 80.6. The zero-order valence-corrected chi connectivity index (χ0v) is 53.9. The van der Waals surface area contributed by atoms with Crippen LogP contribution < -0.4 is 0 Å². The highest BCUT2D eigenvalue weighted by Crippen LogP contribution is 2.30. The van der Waals surface area contributed by atoms with Crippen molar-refractivity contribution in [1.29, 1.82) is 0 Å². The Balaban J connectivity index is -0.000000121. The van der Waals surface area contributed by atoms with Gasteiger partial charge in [-0.2, -0.15) is 0 Å². The largest absolute Gasteiger partial charge is 0.0654 e. The van der Waals surface area contributed by atoms with E-state index in [-0.39, 0.29) is 0 Å². The van der Waals surface area contributed by atoms with E-state index in [2.05, 4.69) is 242 Å². The van der Waals surface area contributed by atoms with Crippen LogP contribution in [-0.4, -0.2) is 0 Å². The first kappa shape index (κ1) is 79.1. The lowest BCUT2D eigenvalue weighted by molar-refractivity contribution is 0.295. The lowest BCUT2D eigenvalue weighted by Gasteiger charge is -2.22. The number of hydrogen-bond acceptors (Lipinski definition) is 0. The van der Waals surface area contributed by atoms with E-state index < -0.39 is 0 Å². The van der Waals surface area contributed by atoms with Crippen molar-refractivity contribution in [3.8, 4) is 0 Å². The van der Waals surface area contributed by atoms with Crippen molar-refractivity contribution in [2.75, 3.05) is 0 Å². The summed E-state index contributed by atoms with van der Waals surface area (Å²) in [6.07, 6.45) is 21.5. The highest BCUT2D eigenvalue weighted by Gasteiger charge is 2.17. The van der Waals surface area contributed by atoms with Crippen molar-refractivity contribution in [2.24, 2.45) is 79.3 Å². The Morgan fingerprint density at radius 2 is 0.308 bits per heavy atom. The molecule has 404 valence electrons. The predicted molar refractivity (Wildman–Crippen MR) is 314 cm³/mol. The second kappa shape index (κ2) is 40.7. The third-order valence-electron chi connectivity index (χ3n) is 11.8. The van der Waals surface area contributed by atoms with Gasteiger partial charge in [-0.3, -0.25) is 0 Å². The Bertz CT molecular complexity index is 778. The van der Waals surface area contributed by atoms with E-state index in [9.17, 15) is 0 Å². The molecule has 0 heterocycles. The summed E-state index contributed by atoms with van der Waals surface area (Å²) in [5.41, 5.74) is 3.66. The van der Waals surface area contributed by atoms with Gasteiger partial charge in [-0.1, -0.05) is 300 Å². The van der Waals surface area contributed by atoms with Gasteiger partial charge in [-0.05, 0) is 124 Å². The summed E-state index contributed by atoms with van der Waals surface area (Å²) in [4.78, 5) is 0. The fourth-order valence-electron chi connectivity index (χ4n) is 9.23. The maximum Gasteiger partial charge on any atom is -0.0380 e. The first-order valence-corrected chi connectivity index (χ1v) is 28.7. The molecule has 0 nitrogen and oxygen atoms in total. The van der Waals surface area contributed by atoms with Crippen LogP contribution in [0.15, 0.2) is 0 Å². The van der Waals surface area contributed by atoms with Crippen molar-refractivity contribution >= 4 is 0 Å². The van der Waals surface area contributed by atoms with Crippen LogP contribution in [0.2, 0.25) is 0 Å². The molecule has 0 radical (unpaired) electrons. The first-order valence-electron chi connectivity index (χ1n) is 28.7. The molecule has 0 aromatic rings.